The van der Waals surface area contributed by atoms with Gasteiger partial charge in [0.15, 0.2) is 5.82 Å². The standard InChI is InChI=1S/C25H28F4N6O/c1-15-11-19(13-31-22(15)34-9-7-17(8-10-34)24(3,4)26)33-23(36)20-14-32-35(16(20)2)21-6-5-18(12-30-21)25(27,28)29/h5-6,11-14,17H,7-10H2,1-4H3,(H,33,36). The van der Waals surface area contributed by atoms with Gasteiger partial charge in [-0.2, -0.15) is 18.3 Å². The van der Waals surface area contributed by atoms with E-state index in [1.54, 1.807) is 27.0 Å². The number of pyridine rings is 2. The van der Waals surface area contributed by atoms with Gasteiger partial charge in [-0.05, 0) is 70.2 Å². The van der Waals surface area contributed by atoms with Crippen LogP contribution in [-0.4, -0.2) is 44.4 Å². The number of anilines is 2. The van der Waals surface area contributed by atoms with Gasteiger partial charge >= 0.3 is 6.18 Å². The quantitative estimate of drug-likeness (QED) is 0.464. The highest BCUT2D eigenvalue weighted by Gasteiger charge is 2.33. The topological polar surface area (TPSA) is 75.9 Å². The predicted molar refractivity (Wildman–Crippen MR) is 128 cm³/mol. The van der Waals surface area contributed by atoms with Crippen molar-refractivity contribution in [2.45, 2.75) is 52.4 Å². The van der Waals surface area contributed by atoms with Crippen LogP contribution in [0.5, 0.6) is 0 Å². The lowest BCUT2D eigenvalue weighted by atomic mass is 9.84. The number of rotatable bonds is 5. The van der Waals surface area contributed by atoms with Crippen LogP contribution >= 0.6 is 0 Å². The van der Waals surface area contributed by atoms with Crippen molar-refractivity contribution in [3.63, 3.8) is 0 Å². The van der Waals surface area contributed by atoms with Crippen LogP contribution in [0, 0.1) is 19.8 Å². The zero-order chi connectivity index (χ0) is 26.3. The van der Waals surface area contributed by atoms with Crippen LogP contribution in [0.15, 0.2) is 36.8 Å². The van der Waals surface area contributed by atoms with Gasteiger partial charge in [-0.25, -0.2) is 19.0 Å². The number of aryl methyl sites for hydroxylation is 1. The Balaban J connectivity index is 1.44. The van der Waals surface area contributed by atoms with E-state index in [2.05, 4.69) is 25.3 Å². The van der Waals surface area contributed by atoms with Gasteiger partial charge < -0.3 is 10.2 Å². The van der Waals surface area contributed by atoms with E-state index < -0.39 is 23.3 Å². The molecule has 7 nitrogen and oxygen atoms in total. The highest BCUT2D eigenvalue weighted by Crippen LogP contribution is 2.33. The second-order valence-electron chi connectivity index (χ2n) is 9.60. The molecule has 0 spiro atoms. The zero-order valence-electron chi connectivity index (χ0n) is 20.5. The van der Waals surface area contributed by atoms with Crippen molar-refractivity contribution in [2.24, 2.45) is 5.92 Å². The van der Waals surface area contributed by atoms with Crippen LogP contribution in [0.25, 0.3) is 5.82 Å². The molecule has 1 aliphatic heterocycles. The molecule has 1 aliphatic rings. The molecule has 4 heterocycles. The van der Waals surface area contributed by atoms with Crippen molar-refractivity contribution in [3.05, 3.63) is 59.2 Å². The molecular weight excluding hydrogens is 476 g/mol. The number of amides is 1. The first-order valence-electron chi connectivity index (χ1n) is 11.6. The van der Waals surface area contributed by atoms with Gasteiger partial charge in [0.1, 0.15) is 11.5 Å². The molecule has 4 rings (SSSR count). The van der Waals surface area contributed by atoms with Gasteiger partial charge in [0.05, 0.1) is 34.9 Å². The molecule has 1 amide bonds. The summed E-state index contributed by atoms with van der Waals surface area (Å²) in [7, 11) is 0. The highest BCUT2D eigenvalue weighted by atomic mass is 19.4. The first-order valence-corrected chi connectivity index (χ1v) is 11.6. The van der Waals surface area contributed by atoms with Crippen LogP contribution in [0.3, 0.4) is 0 Å². The number of piperidine rings is 1. The fourth-order valence-electron chi connectivity index (χ4n) is 4.49. The summed E-state index contributed by atoms with van der Waals surface area (Å²) in [5.74, 6) is 0.571. The fourth-order valence-corrected chi connectivity index (χ4v) is 4.49. The third-order valence-electron chi connectivity index (χ3n) is 6.62. The van der Waals surface area contributed by atoms with E-state index in [0.29, 0.717) is 24.5 Å². The number of carbonyl (C=O) groups excluding carboxylic acids is 1. The average molecular weight is 505 g/mol. The van der Waals surface area contributed by atoms with Crippen LogP contribution < -0.4 is 10.2 Å². The second-order valence-corrected chi connectivity index (χ2v) is 9.60. The monoisotopic (exact) mass is 504 g/mol. The minimum atomic E-state index is -4.49. The summed E-state index contributed by atoms with van der Waals surface area (Å²) >= 11 is 0. The third-order valence-corrected chi connectivity index (χ3v) is 6.62. The Kier molecular flexibility index (Phi) is 6.76. The molecule has 3 aromatic heterocycles. The second kappa shape index (κ2) is 9.51. The Morgan fingerprint density at radius 3 is 2.28 bits per heavy atom. The van der Waals surface area contributed by atoms with E-state index in [9.17, 15) is 22.4 Å². The van der Waals surface area contributed by atoms with Gasteiger partial charge in [0.2, 0.25) is 0 Å². The molecule has 0 unspecified atom stereocenters. The lowest BCUT2D eigenvalue weighted by Gasteiger charge is -2.37. The molecule has 1 N–H and O–H groups in total. The molecule has 0 bridgehead atoms. The largest absolute Gasteiger partial charge is 0.417 e. The summed E-state index contributed by atoms with van der Waals surface area (Å²) in [5.41, 5.74) is 0.00926. The highest BCUT2D eigenvalue weighted by molar-refractivity contribution is 6.05. The van der Waals surface area contributed by atoms with E-state index in [4.69, 9.17) is 0 Å². The number of nitrogens with one attached hydrogen (secondary N) is 1. The molecule has 0 radical (unpaired) electrons. The SMILES string of the molecule is Cc1cc(NC(=O)c2cnn(-c3ccc(C(F)(F)F)cn3)c2C)cnc1N1CCC(C(C)(C)F)CC1. The van der Waals surface area contributed by atoms with Crippen molar-refractivity contribution in [3.8, 4) is 5.82 Å². The number of halogens is 4. The zero-order valence-corrected chi connectivity index (χ0v) is 20.5. The molecular formula is C25H28F4N6O. The first kappa shape index (κ1) is 25.6. The Morgan fingerprint density at radius 2 is 1.72 bits per heavy atom. The van der Waals surface area contributed by atoms with Gasteiger partial charge in [0.25, 0.3) is 5.91 Å². The Morgan fingerprint density at radius 1 is 1.03 bits per heavy atom. The first-order chi connectivity index (χ1) is 16.8. The molecule has 1 fully saturated rings. The maximum atomic E-state index is 14.3. The molecule has 0 atom stereocenters. The summed E-state index contributed by atoms with van der Waals surface area (Å²) < 4.78 is 54.0. The number of nitrogens with zero attached hydrogens (tertiary/aromatic N) is 5. The molecule has 0 aliphatic carbocycles. The van der Waals surface area contributed by atoms with E-state index >= 15 is 0 Å². The van der Waals surface area contributed by atoms with Gasteiger partial charge in [-0.15, -0.1) is 0 Å². The maximum absolute atomic E-state index is 14.3. The lowest BCUT2D eigenvalue weighted by Crippen LogP contribution is -2.40. The van der Waals surface area contributed by atoms with Gasteiger partial charge in [-0.1, -0.05) is 0 Å². The van der Waals surface area contributed by atoms with Crippen LogP contribution in [0.4, 0.5) is 29.1 Å². The normalized spacial score (nSPS) is 15.3. The maximum Gasteiger partial charge on any atom is 0.417 e. The van der Waals surface area contributed by atoms with E-state index in [-0.39, 0.29) is 17.3 Å². The third kappa shape index (κ3) is 5.34. The molecule has 0 aromatic carbocycles. The summed E-state index contributed by atoms with van der Waals surface area (Å²) in [5, 5.41) is 6.92. The van der Waals surface area contributed by atoms with Crippen molar-refractivity contribution in [1.29, 1.82) is 0 Å². The van der Waals surface area contributed by atoms with Gasteiger partial charge in [0, 0.05) is 19.3 Å². The minimum absolute atomic E-state index is 0.0227. The summed E-state index contributed by atoms with van der Waals surface area (Å²) in [6.07, 6.45) is 0.657. The Bertz CT molecular complexity index is 1240. The van der Waals surface area contributed by atoms with E-state index in [1.807, 2.05) is 13.0 Å². The molecule has 1 saturated heterocycles. The number of aromatic nitrogens is 4. The smallest absolute Gasteiger partial charge is 0.356 e. The van der Waals surface area contributed by atoms with E-state index in [1.165, 1.54) is 16.9 Å². The van der Waals surface area contributed by atoms with Crippen LogP contribution in [0.1, 0.15) is 53.9 Å². The number of hydrogen-bond donors (Lipinski definition) is 1. The summed E-state index contributed by atoms with van der Waals surface area (Å²) in [6.45, 7) is 8.22. The predicted octanol–water partition coefficient (Wildman–Crippen LogP) is 5.51. The van der Waals surface area contributed by atoms with Crippen molar-refractivity contribution < 1.29 is 22.4 Å². The summed E-state index contributed by atoms with van der Waals surface area (Å²) in [4.78, 5) is 23.4. The molecule has 11 heteroatoms. The minimum Gasteiger partial charge on any atom is -0.356 e. The Hall–Kier alpha value is -3.50. The van der Waals surface area contributed by atoms with Crippen molar-refractivity contribution in [1.82, 2.24) is 19.7 Å². The molecule has 192 valence electrons. The lowest BCUT2D eigenvalue weighted by molar-refractivity contribution is -0.137. The average Bonchev–Trinajstić information content (AvgIpc) is 3.19. The Labute approximate surface area is 206 Å². The number of carbonyl (C=O) groups is 1. The van der Waals surface area contributed by atoms with Crippen LogP contribution in [-0.2, 0) is 6.18 Å². The summed E-state index contributed by atoms with van der Waals surface area (Å²) in [6, 6.07) is 3.94. The van der Waals surface area contributed by atoms with Crippen LogP contribution in [0.2, 0.25) is 0 Å². The fraction of sp³-hybridized carbons (Fsp3) is 0.440. The van der Waals surface area contributed by atoms with Gasteiger partial charge in [-0.3, -0.25) is 4.79 Å². The van der Waals surface area contributed by atoms with E-state index in [0.717, 1.165) is 36.5 Å². The molecule has 3 aromatic rings. The number of alkyl halides is 4. The molecule has 0 saturated carbocycles. The number of hydrogen-bond acceptors (Lipinski definition) is 5. The van der Waals surface area contributed by atoms with Crippen molar-refractivity contribution in [2.75, 3.05) is 23.3 Å². The van der Waals surface area contributed by atoms with Crippen molar-refractivity contribution >= 4 is 17.4 Å². The molecule has 36 heavy (non-hydrogen) atoms.